The molecule has 2 aromatic rings. The van der Waals surface area contributed by atoms with E-state index in [1.54, 1.807) is 7.11 Å². The predicted molar refractivity (Wildman–Crippen MR) is 82.1 cm³/mol. The molecule has 0 N–H and O–H groups in total. The Hall–Kier alpha value is -1.80. The lowest BCUT2D eigenvalue weighted by Crippen LogP contribution is -2.25. The van der Waals surface area contributed by atoms with E-state index in [2.05, 4.69) is 41.3 Å². The van der Waals surface area contributed by atoms with Crippen molar-refractivity contribution in [1.82, 2.24) is 4.90 Å². The summed E-state index contributed by atoms with van der Waals surface area (Å²) in [6, 6.07) is 17.3. The second kappa shape index (κ2) is 6.10. The van der Waals surface area contributed by atoms with Crippen molar-refractivity contribution in [3.05, 3.63) is 65.2 Å². The molecule has 0 radical (unpaired) electrons. The average molecular weight is 267 g/mol. The molecule has 104 valence electrons. The van der Waals surface area contributed by atoms with E-state index in [-0.39, 0.29) is 0 Å². The van der Waals surface area contributed by atoms with Gasteiger partial charge in [0.15, 0.2) is 0 Å². The van der Waals surface area contributed by atoms with Gasteiger partial charge in [-0.3, -0.25) is 4.90 Å². The van der Waals surface area contributed by atoms with Gasteiger partial charge in [-0.15, -0.1) is 0 Å². The van der Waals surface area contributed by atoms with E-state index in [1.165, 1.54) is 16.7 Å². The SMILES string of the molecule is COc1ccc(CN2CCc3ccccc3CC2)cc1. The molecule has 0 unspecified atom stereocenters. The van der Waals surface area contributed by atoms with Crippen LogP contribution in [-0.2, 0) is 19.4 Å². The van der Waals surface area contributed by atoms with Crippen molar-refractivity contribution in [2.24, 2.45) is 0 Å². The predicted octanol–water partition coefficient (Wildman–Crippen LogP) is 3.30. The number of nitrogens with zero attached hydrogens (tertiary/aromatic N) is 1. The quantitative estimate of drug-likeness (QED) is 0.846. The minimum atomic E-state index is 0.928. The van der Waals surface area contributed by atoms with Crippen LogP contribution in [0.25, 0.3) is 0 Å². The van der Waals surface area contributed by atoms with E-state index in [0.29, 0.717) is 0 Å². The lowest BCUT2D eigenvalue weighted by molar-refractivity contribution is 0.279. The number of rotatable bonds is 3. The van der Waals surface area contributed by atoms with Gasteiger partial charge in [-0.2, -0.15) is 0 Å². The van der Waals surface area contributed by atoms with E-state index in [1.807, 2.05) is 12.1 Å². The Bertz CT molecular complexity index is 535. The number of methoxy groups -OCH3 is 1. The molecule has 3 rings (SSSR count). The first-order chi connectivity index (χ1) is 9.85. The maximum Gasteiger partial charge on any atom is 0.118 e. The number of hydrogen-bond donors (Lipinski definition) is 0. The van der Waals surface area contributed by atoms with E-state index >= 15 is 0 Å². The monoisotopic (exact) mass is 267 g/mol. The molecule has 0 saturated heterocycles. The smallest absolute Gasteiger partial charge is 0.118 e. The van der Waals surface area contributed by atoms with Gasteiger partial charge in [0.2, 0.25) is 0 Å². The van der Waals surface area contributed by atoms with Gasteiger partial charge in [0.05, 0.1) is 7.11 Å². The van der Waals surface area contributed by atoms with Gasteiger partial charge in [0.25, 0.3) is 0 Å². The van der Waals surface area contributed by atoms with Crippen LogP contribution in [0.15, 0.2) is 48.5 Å². The van der Waals surface area contributed by atoms with Crippen molar-refractivity contribution in [2.75, 3.05) is 20.2 Å². The van der Waals surface area contributed by atoms with Crippen molar-refractivity contribution >= 4 is 0 Å². The van der Waals surface area contributed by atoms with Gasteiger partial charge in [0.1, 0.15) is 5.75 Å². The Balaban J connectivity index is 1.65. The molecule has 0 fully saturated rings. The summed E-state index contributed by atoms with van der Waals surface area (Å²) in [6.45, 7) is 3.31. The van der Waals surface area contributed by atoms with Crippen LogP contribution in [0.1, 0.15) is 16.7 Å². The molecule has 0 spiro atoms. The molecule has 1 heterocycles. The lowest BCUT2D eigenvalue weighted by atomic mass is 10.0. The summed E-state index contributed by atoms with van der Waals surface area (Å²) in [4.78, 5) is 2.54. The molecule has 20 heavy (non-hydrogen) atoms. The third-order valence-corrected chi connectivity index (χ3v) is 4.08. The van der Waals surface area contributed by atoms with Crippen LogP contribution < -0.4 is 4.74 Å². The number of benzene rings is 2. The van der Waals surface area contributed by atoms with Crippen LogP contribution in [0.5, 0.6) is 5.75 Å². The third kappa shape index (κ3) is 3.02. The zero-order valence-corrected chi connectivity index (χ0v) is 12.0. The molecule has 0 aromatic heterocycles. The zero-order valence-electron chi connectivity index (χ0n) is 12.0. The van der Waals surface area contributed by atoms with Gasteiger partial charge in [-0.1, -0.05) is 36.4 Å². The molecule has 0 aliphatic carbocycles. The Morgan fingerprint density at radius 2 is 1.50 bits per heavy atom. The summed E-state index contributed by atoms with van der Waals surface area (Å²) in [7, 11) is 1.71. The fourth-order valence-electron chi connectivity index (χ4n) is 2.86. The highest BCUT2D eigenvalue weighted by Gasteiger charge is 2.13. The van der Waals surface area contributed by atoms with Crippen molar-refractivity contribution in [3.8, 4) is 5.75 Å². The molecule has 0 amide bonds. The standard InChI is InChI=1S/C18H21NO/c1-20-18-8-6-15(7-9-18)14-19-12-10-16-4-2-3-5-17(16)11-13-19/h2-9H,10-14H2,1H3. The van der Waals surface area contributed by atoms with Crippen molar-refractivity contribution in [2.45, 2.75) is 19.4 Å². The first-order valence-electron chi connectivity index (χ1n) is 7.27. The second-order valence-corrected chi connectivity index (χ2v) is 5.39. The van der Waals surface area contributed by atoms with Crippen LogP contribution in [0.3, 0.4) is 0 Å². The lowest BCUT2D eigenvalue weighted by Gasteiger charge is -2.19. The average Bonchev–Trinajstić information content (AvgIpc) is 2.71. The van der Waals surface area contributed by atoms with Gasteiger partial charge >= 0.3 is 0 Å². The second-order valence-electron chi connectivity index (χ2n) is 5.39. The highest BCUT2D eigenvalue weighted by Crippen LogP contribution is 2.18. The highest BCUT2D eigenvalue weighted by atomic mass is 16.5. The van der Waals surface area contributed by atoms with Crippen LogP contribution >= 0.6 is 0 Å². The minimum Gasteiger partial charge on any atom is -0.497 e. The first kappa shape index (κ1) is 13.2. The maximum atomic E-state index is 5.21. The Morgan fingerprint density at radius 1 is 0.900 bits per heavy atom. The molecule has 2 aromatic carbocycles. The summed E-state index contributed by atoms with van der Waals surface area (Å²) < 4.78 is 5.21. The van der Waals surface area contributed by atoms with E-state index < -0.39 is 0 Å². The van der Waals surface area contributed by atoms with Crippen molar-refractivity contribution in [3.63, 3.8) is 0 Å². The van der Waals surface area contributed by atoms with Crippen LogP contribution in [0, 0.1) is 0 Å². The molecule has 1 aliphatic heterocycles. The van der Waals surface area contributed by atoms with E-state index in [4.69, 9.17) is 4.74 Å². The Kier molecular flexibility index (Phi) is 4.03. The van der Waals surface area contributed by atoms with Gasteiger partial charge in [-0.05, 0) is 41.7 Å². The number of hydrogen-bond acceptors (Lipinski definition) is 2. The normalized spacial score (nSPS) is 15.4. The molecule has 0 bridgehead atoms. The van der Waals surface area contributed by atoms with Crippen LogP contribution in [0.4, 0.5) is 0 Å². The highest BCUT2D eigenvalue weighted by molar-refractivity contribution is 5.29. The van der Waals surface area contributed by atoms with E-state index in [9.17, 15) is 0 Å². The van der Waals surface area contributed by atoms with Crippen molar-refractivity contribution < 1.29 is 4.74 Å². The molecule has 2 nitrogen and oxygen atoms in total. The molecule has 1 aliphatic rings. The maximum absolute atomic E-state index is 5.21. The summed E-state index contributed by atoms with van der Waals surface area (Å²) in [5.41, 5.74) is 4.39. The number of ether oxygens (including phenoxy) is 1. The van der Waals surface area contributed by atoms with Crippen molar-refractivity contribution in [1.29, 1.82) is 0 Å². The van der Waals surface area contributed by atoms with Crippen LogP contribution in [-0.4, -0.2) is 25.1 Å². The largest absolute Gasteiger partial charge is 0.497 e. The molecule has 0 saturated carbocycles. The molecule has 0 atom stereocenters. The zero-order chi connectivity index (χ0) is 13.8. The summed E-state index contributed by atoms with van der Waals surface area (Å²) in [5, 5.41) is 0. The number of fused-ring (bicyclic) bond motifs is 1. The summed E-state index contributed by atoms with van der Waals surface area (Å²) >= 11 is 0. The fourth-order valence-corrected chi connectivity index (χ4v) is 2.86. The minimum absolute atomic E-state index is 0.928. The van der Waals surface area contributed by atoms with Gasteiger partial charge < -0.3 is 4.74 Å². The Morgan fingerprint density at radius 3 is 2.05 bits per heavy atom. The van der Waals surface area contributed by atoms with Crippen LogP contribution in [0.2, 0.25) is 0 Å². The first-order valence-corrected chi connectivity index (χ1v) is 7.27. The summed E-state index contributed by atoms with van der Waals surface area (Å²) in [6.07, 6.45) is 2.32. The third-order valence-electron chi connectivity index (χ3n) is 4.08. The topological polar surface area (TPSA) is 12.5 Å². The molecular formula is C18H21NO. The Labute approximate surface area is 121 Å². The van der Waals surface area contributed by atoms with Gasteiger partial charge in [0, 0.05) is 19.6 Å². The van der Waals surface area contributed by atoms with E-state index in [0.717, 1.165) is 38.2 Å². The molecule has 2 heteroatoms. The molecular weight excluding hydrogens is 246 g/mol. The summed E-state index contributed by atoms with van der Waals surface area (Å²) in [5.74, 6) is 0.928. The van der Waals surface area contributed by atoms with Gasteiger partial charge in [-0.25, -0.2) is 0 Å². The fraction of sp³-hybridized carbons (Fsp3) is 0.333.